The molecule has 3 aromatic rings. The molecular formula is C19H15ClN2O4. The number of carbonyl (C=O) groups is 2. The van der Waals surface area contributed by atoms with Crippen LogP contribution in [0.3, 0.4) is 0 Å². The number of rotatable bonds is 4. The van der Waals surface area contributed by atoms with Gasteiger partial charge in [-0.1, -0.05) is 29.8 Å². The first-order chi connectivity index (χ1) is 12.4. The summed E-state index contributed by atoms with van der Waals surface area (Å²) in [5.74, 6) is -1.13. The second-order valence-corrected chi connectivity index (χ2v) is 6.18. The van der Waals surface area contributed by atoms with Crippen molar-refractivity contribution in [3.63, 3.8) is 0 Å². The fourth-order valence-electron chi connectivity index (χ4n) is 2.57. The number of aromatic nitrogens is 2. The summed E-state index contributed by atoms with van der Waals surface area (Å²) < 4.78 is 6.36. The predicted molar refractivity (Wildman–Crippen MR) is 97.6 cm³/mol. The van der Waals surface area contributed by atoms with Crippen molar-refractivity contribution in [3.05, 3.63) is 75.2 Å². The molecule has 0 bridgehead atoms. The van der Waals surface area contributed by atoms with Crippen molar-refractivity contribution in [2.75, 3.05) is 0 Å². The van der Waals surface area contributed by atoms with Crippen LogP contribution in [0.25, 0.3) is 10.8 Å². The van der Waals surface area contributed by atoms with E-state index in [0.717, 1.165) is 4.68 Å². The number of halogens is 1. The van der Waals surface area contributed by atoms with Crippen LogP contribution in [-0.2, 0) is 11.8 Å². The molecule has 7 heteroatoms. The maximum absolute atomic E-state index is 12.5. The number of nitrogens with zero attached hydrogens (tertiary/aromatic N) is 2. The first-order valence-electron chi connectivity index (χ1n) is 7.85. The van der Waals surface area contributed by atoms with E-state index >= 15 is 0 Å². The highest BCUT2D eigenvalue weighted by Crippen LogP contribution is 2.16. The van der Waals surface area contributed by atoms with Gasteiger partial charge in [0.05, 0.1) is 5.39 Å². The molecule has 0 aliphatic heterocycles. The van der Waals surface area contributed by atoms with Crippen molar-refractivity contribution in [1.82, 2.24) is 9.78 Å². The molecule has 0 N–H and O–H groups in total. The van der Waals surface area contributed by atoms with Crippen molar-refractivity contribution in [1.29, 1.82) is 0 Å². The van der Waals surface area contributed by atoms with Crippen molar-refractivity contribution >= 4 is 34.1 Å². The number of hydrogen-bond donors (Lipinski definition) is 0. The third-order valence-electron chi connectivity index (χ3n) is 3.93. The second-order valence-electron chi connectivity index (χ2n) is 5.74. The molecular weight excluding hydrogens is 356 g/mol. The average molecular weight is 371 g/mol. The molecule has 0 aliphatic rings. The van der Waals surface area contributed by atoms with Crippen molar-refractivity contribution in [2.24, 2.45) is 7.05 Å². The predicted octanol–water partition coefficient (Wildman–Crippen LogP) is 3.02. The van der Waals surface area contributed by atoms with E-state index in [1.54, 1.807) is 48.5 Å². The lowest BCUT2D eigenvalue weighted by molar-refractivity contribution is 0.0313. The van der Waals surface area contributed by atoms with Crippen molar-refractivity contribution in [2.45, 2.75) is 13.0 Å². The minimum absolute atomic E-state index is 0.0153. The van der Waals surface area contributed by atoms with Crippen LogP contribution in [0.4, 0.5) is 0 Å². The summed E-state index contributed by atoms with van der Waals surface area (Å²) >= 11 is 5.81. The van der Waals surface area contributed by atoms with Crippen LogP contribution in [0.15, 0.2) is 53.3 Å². The van der Waals surface area contributed by atoms with Gasteiger partial charge in [-0.15, -0.1) is 0 Å². The largest absolute Gasteiger partial charge is 0.449 e. The van der Waals surface area contributed by atoms with Gasteiger partial charge < -0.3 is 4.74 Å². The molecule has 0 radical (unpaired) electrons. The number of ether oxygens (including phenoxy) is 1. The highest BCUT2D eigenvalue weighted by Gasteiger charge is 2.23. The lowest BCUT2D eigenvalue weighted by Gasteiger charge is -2.13. The van der Waals surface area contributed by atoms with Gasteiger partial charge in [-0.25, -0.2) is 9.48 Å². The SMILES string of the molecule is CC(OC(=O)c1nn(C)c(=O)c2ccccc12)C(=O)c1ccc(Cl)cc1. The van der Waals surface area contributed by atoms with E-state index in [1.165, 1.54) is 14.0 Å². The number of aryl methyl sites for hydroxylation is 1. The number of Topliss-reactive ketones (excluding diaryl/α,β-unsaturated/α-hetero) is 1. The van der Waals surface area contributed by atoms with Gasteiger partial charge in [-0.3, -0.25) is 9.59 Å². The Balaban J connectivity index is 1.89. The Labute approximate surface area is 154 Å². The zero-order valence-corrected chi connectivity index (χ0v) is 14.9. The summed E-state index contributed by atoms with van der Waals surface area (Å²) in [6, 6.07) is 12.9. The van der Waals surface area contributed by atoms with Gasteiger partial charge in [0.1, 0.15) is 0 Å². The Morgan fingerprint density at radius 1 is 1.08 bits per heavy atom. The standard InChI is InChI=1S/C19H15ClN2O4/c1-11(17(23)12-7-9-13(20)10-8-12)26-19(25)16-14-5-3-4-6-15(14)18(24)22(2)21-16/h3-11H,1-2H3. The third kappa shape index (κ3) is 3.36. The molecule has 2 aromatic carbocycles. The molecule has 1 aromatic heterocycles. The molecule has 6 nitrogen and oxygen atoms in total. The van der Waals surface area contributed by atoms with Crippen molar-refractivity contribution < 1.29 is 14.3 Å². The molecule has 0 amide bonds. The molecule has 3 rings (SSSR count). The minimum Gasteiger partial charge on any atom is -0.449 e. The van der Waals surface area contributed by atoms with Gasteiger partial charge in [-0.05, 0) is 37.3 Å². The summed E-state index contributed by atoms with van der Waals surface area (Å²) in [7, 11) is 1.45. The molecule has 0 fully saturated rings. The Hall–Kier alpha value is -2.99. The summed E-state index contributed by atoms with van der Waals surface area (Å²) in [6.07, 6.45) is -1.01. The summed E-state index contributed by atoms with van der Waals surface area (Å²) in [4.78, 5) is 37.1. The molecule has 0 saturated heterocycles. The van der Waals surface area contributed by atoms with Crippen LogP contribution in [0, 0.1) is 0 Å². The van der Waals surface area contributed by atoms with E-state index in [2.05, 4.69) is 5.10 Å². The zero-order chi connectivity index (χ0) is 18.8. The Kier molecular flexibility index (Phi) is 4.86. The maximum Gasteiger partial charge on any atom is 0.360 e. The lowest BCUT2D eigenvalue weighted by Crippen LogP contribution is -2.28. The number of esters is 1. The Morgan fingerprint density at radius 2 is 1.69 bits per heavy atom. The first-order valence-corrected chi connectivity index (χ1v) is 8.23. The van der Waals surface area contributed by atoms with Crippen LogP contribution >= 0.6 is 11.6 Å². The lowest BCUT2D eigenvalue weighted by atomic mass is 10.1. The highest BCUT2D eigenvalue weighted by atomic mass is 35.5. The second kappa shape index (κ2) is 7.09. The molecule has 1 unspecified atom stereocenters. The van der Waals surface area contributed by atoms with E-state index in [9.17, 15) is 14.4 Å². The molecule has 0 aliphatic carbocycles. The summed E-state index contributed by atoms with van der Waals surface area (Å²) in [6.45, 7) is 1.49. The molecule has 26 heavy (non-hydrogen) atoms. The van der Waals surface area contributed by atoms with Gasteiger partial charge in [0, 0.05) is 23.0 Å². The van der Waals surface area contributed by atoms with Crippen LogP contribution in [0.2, 0.25) is 5.02 Å². The number of ketones is 1. The van der Waals surface area contributed by atoms with E-state index < -0.39 is 12.1 Å². The molecule has 0 saturated carbocycles. The molecule has 1 heterocycles. The van der Waals surface area contributed by atoms with Crippen LogP contribution in [0.5, 0.6) is 0 Å². The van der Waals surface area contributed by atoms with Crippen LogP contribution in [0.1, 0.15) is 27.8 Å². The normalized spacial score (nSPS) is 12.0. The summed E-state index contributed by atoms with van der Waals surface area (Å²) in [5, 5.41) is 5.24. The third-order valence-corrected chi connectivity index (χ3v) is 4.18. The molecule has 0 spiro atoms. The van der Waals surface area contributed by atoms with E-state index in [4.69, 9.17) is 16.3 Å². The van der Waals surface area contributed by atoms with Gasteiger partial charge in [0.25, 0.3) is 5.56 Å². The zero-order valence-electron chi connectivity index (χ0n) is 14.1. The van der Waals surface area contributed by atoms with Gasteiger partial charge >= 0.3 is 5.97 Å². The van der Waals surface area contributed by atoms with E-state index in [1.807, 2.05) is 0 Å². The number of hydrogen-bond acceptors (Lipinski definition) is 5. The minimum atomic E-state index is -1.01. The number of fused-ring (bicyclic) bond motifs is 1. The van der Waals surface area contributed by atoms with E-state index in [-0.39, 0.29) is 17.0 Å². The fourth-order valence-corrected chi connectivity index (χ4v) is 2.70. The van der Waals surface area contributed by atoms with Crippen molar-refractivity contribution in [3.8, 4) is 0 Å². The van der Waals surface area contributed by atoms with E-state index in [0.29, 0.717) is 21.4 Å². The monoisotopic (exact) mass is 370 g/mol. The smallest absolute Gasteiger partial charge is 0.360 e. The van der Waals surface area contributed by atoms with Gasteiger partial charge in [-0.2, -0.15) is 5.10 Å². The highest BCUT2D eigenvalue weighted by molar-refractivity contribution is 6.30. The fraction of sp³-hybridized carbons (Fsp3) is 0.158. The number of benzene rings is 2. The maximum atomic E-state index is 12.5. The summed E-state index contributed by atoms with van der Waals surface area (Å²) in [5.41, 5.74) is 0.0499. The molecule has 1 atom stereocenters. The van der Waals surface area contributed by atoms with Gasteiger partial charge in [0.2, 0.25) is 5.78 Å². The Bertz CT molecular complexity index is 1060. The Morgan fingerprint density at radius 3 is 2.35 bits per heavy atom. The first kappa shape index (κ1) is 17.8. The van der Waals surface area contributed by atoms with Gasteiger partial charge in [0.15, 0.2) is 11.8 Å². The number of carbonyl (C=O) groups excluding carboxylic acids is 2. The van der Waals surface area contributed by atoms with Crippen LogP contribution in [-0.4, -0.2) is 27.6 Å². The average Bonchev–Trinajstić information content (AvgIpc) is 2.64. The quantitative estimate of drug-likeness (QED) is 0.521. The molecule has 132 valence electrons. The van der Waals surface area contributed by atoms with Crippen LogP contribution < -0.4 is 5.56 Å². The topological polar surface area (TPSA) is 78.3 Å².